The number of hydrazine groups is 1. The van der Waals surface area contributed by atoms with Crippen molar-refractivity contribution in [2.24, 2.45) is 0 Å². The number of carbonyl (C=O) groups excluding carboxylic acids is 3. The molecule has 20 heavy (non-hydrogen) atoms. The first kappa shape index (κ1) is 15.7. The third-order valence-corrected chi connectivity index (χ3v) is 2.23. The first-order valence-corrected chi connectivity index (χ1v) is 6.09. The summed E-state index contributed by atoms with van der Waals surface area (Å²) in [6.07, 6.45) is -0.744. The van der Waals surface area contributed by atoms with Gasteiger partial charge in [0.1, 0.15) is 5.60 Å². The van der Waals surface area contributed by atoms with Gasteiger partial charge in [-0.25, -0.2) is 10.2 Å². The largest absolute Gasteiger partial charge is 0.443 e. The molecule has 108 valence electrons. The maximum absolute atomic E-state index is 11.7. The molecule has 0 heterocycles. The maximum Gasteiger partial charge on any atom is 0.426 e. The predicted octanol–water partition coefficient (Wildman–Crippen LogP) is 2.06. The normalized spacial score (nSPS) is 10.6. The Labute approximate surface area is 117 Å². The van der Waals surface area contributed by atoms with Crippen LogP contribution in [-0.2, 0) is 4.74 Å². The van der Waals surface area contributed by atoms with Gasteiger partial charge in [-0.05, 0) is 39.8 Å². The van der Waals surface area contributed by atoms with Crippen LogP contribution in [0.25, 0.3) is 0 Å². The summed E-state index contributed by atoms with van der Waals surface area (Å²) in [5, 5.41) is 0. The Bertz CT molecular complexity index is 515. The van der Waals surface area contributed by atoms with Crippen LogP contribution in [0.3, 0.4) is 0 Å². The van der Waals surface area contributed by atoms with E-state index in [4.69, 9.17) is 4.74 Å². The molecule has 0 saturated carbocycles. The Morgan fingerprint density at radius 1 is 0.950 bits per heavy atom. The molecule has 0 aliphatic rings. The topological polar surface area (TPSA) is 84.5 Å². The Kier molecular flexibility index (Phi) is 4.85. The molecule has 0 aliphatic carbocycles. The van der Waals surface area contributed by atoms with E-state index < -0.39 is 17.6 Å². The fourth-order valence-corrected chi connectivity index (χ4v) is 1.34. The van der Waals surface area contributed by atoms with Crippen molar-refractivity contribution in [2.45, 2.75) is 33.3 Å². The van der Waals surface area contributed by atoms with Crippen molar-refractivity contribution >= 4 is 17.8 Å². The lowest BCUT2D eigenvalue weighted by Gasteiger charge is -2.19. The molecular weight excluding hydrogens is 260 g/mol. The zero-order valence-corrected chi connectivity index (χ0v) is 11.9. The van der Waals surface area contributed by atoms with Crippen LogP contribution in [0.4, 0.5) is 4.79 Å². The fraction of sp³-hybridized carbons (Fsp3) is 0.357. The number of nitrogens with one attached hydrogen (secondary N) is 2. The highest BCUT2D eigenvalue weighted by Crippen LogP contribution is 2.07. The van der Waals surface area contributed by atoms with Crippen molar-refractivity contribution in [3.05, 3.63) is 35.4 Å². The SMILES string of the molecule is CC(=O)c1ccc(C(=O)NNC(=O)OC(C)(C)C)cc1. The Morgan fingerprint density at radius 2 is 1.45 bits per heavy atom. The minimum atomic E-state index is -0.744. The number of ether oxygens (including phenoxy) is 1. The van der Waals surface area contributed by atoms with Crippen LogP contribution < -0.4 is 10.9 Å². The van der Waals surface area contributed by atoms with Gasteiger partial charge in [-0.1, -0.05) is 12.1 Å². The van der Waals surface area contributed by atoms with Gasteiger partial charge in [0, 0.05) is 11.1 Å². The highest BCUT2D eigenvalue weighted by Gasteiger charge is 2.16. The van der Waals surface area contributed by atoms with E-state index in [9.17, 15) is 14.4 Å². The highest BCUT2D eigenvalue weighted by molar-refractivity contribution is 5.98. The molecule has 1 aromatic rings. The van der Waals surface area contributed by atoms with Gasteiger partial charge in [0.2, 0.25) is 0 Å². The summed E-state index contributed by atoms with van der Waals surface area (Å²) in [6.45, 7) is 6.60. The molecule has 0 spiro atoms. The van der Waals surface area contributed by atoms with Crippen LogP contribution in [0.2, 0.25) is 0 Å². The van der Waals surface area contributed by atoms with Crippen LogP contribution in [0, 0.1) is 0 Å². The van der Waals surface area contributed by atoms with Crippen LogP contribution in [0.5, 0.6) is 0 Å². The van der Waals surface area contributed by atoms with E-state index in [0.717, 1.165) is 0 Å². The van der Waals surface area contributed by atoms with Gasteiger partial charge in [0.05, 0.1) is 0 Å². The summed E-state index contributed by atoms with van der Waals surface area (Å²) in [4.78, 5) is 34.2. The summed E-state index contributed by atoms with van der Waals surface area (Å²) in [7, 11) is 0. The molecule has 1 aromatic carbocycles. The molecule has 0 atom stereocenters. The van der Waals surface area contributed by atoms with Gasteiger partial charge in [0.15, 0.2) is 5.78 Å². The first-order valence-electron chi connectivity index (χ1n) is 6.09. The fourth-order valence-electron chi connectivity index (χ4n) is 1.34. The lowest BCUT2D eigenvalue weighted by Crippen LogP contribution is -2.44. The third kappa shape index (κ3) is 5.09. The number of benzene rings is 1. The zero-order valence-electron chi connectivity index (χ0n) is 11.9. The number of Topliss-reactive ketones (excluding diaryl/α,β-unsaturated/α-hetero) is 1. The quantitative estimate of drug-likeness (QED) is 0.640. The summed E-state index contributed by atoms with van der Waals surface area (Å²) < 4.78 is 4.97. The van der Waals surface area contributed by atoms with Crippen molar-refractivity contribution in [2.75, 3.05) is 0 Å². The average molecular weight is 278 g/mol. The Balaban J connectivity index is 2.55. The molecule has 6 heteroatoms. The number of carbonyl (C=O) groups is 3. The lowest BCUT2D eigenvalue weighted by molar-refractivity contribution is 0.0483. The highest BCUT2D eigenvalue weighted by atomic mass is 16.6. The van der Waals surface area contributed by atoms with Crippen LogP contribution in [-0.4, -0.2) is 23.4 Å². The molecule has 0 radical (unpaired) electrons. The van der Waals surface area contributed by atoms with Gasteiger partial charge in [0.25, 0.3) is 5.91 Å². The van der Waals surface area contributed by atoms with Gasteiger partial charge in [-0.2, -0.15) is 0 Å². The molecular formula is C14H18N2O4. The van der Waals surface area contributed by atoms with Crippen molar-refractivity contribution in [1.29, 1.82) is 0 Å². The molecule has 1 rings (SSSR count). The molecule has 0 saturated heterocycles. The van der Waals surface area contributed by atoms with Gasteiger partial charge < -0.3 is 4.74 Å². The van der Waals surface area contributed by atoms with Crippen molar-refractivity contribution < 1.29 is 19.1 Å². The van der Waals surface area contributed by atoms with Crippen LogP contribution in [0.15, 0.2) is 24.3 Å². The zero-order chi connectivity index (χ0) is 15.3. The number of hydrogen-bond donors (Lipinski definition) is 2. The van der Waals surface area contributed by atoms with Crippen molar-refractivity contribution in [3.8, 4) is 0 Å². The molecule has 0 bridgehead atoms. The molecule has 0 aromatic heterocycles. The van der Waals surface area contributed by atoms with E-state index in [-0.39, 0.29) is 5.78 Å². The number of ketones is 1. The second-order valence-corrected chi connectivity index (χ2v) is 5.21. The Morgan fingerprint density at radius 3 is 1.90 bits per heavy atom. The number of hydrogen-bond acceptors (Lipinski definition) is 4. The van der Waals surface area contributed by atoms with E-state index in [1.165, 1.54) is 19.1 Å². The van der Waals surface area contributed by atoms with E-state index in [1.54, 1.807) is 32.9 Å². The minimum Gasteiger partial charge on any atom is -0.443 e. The van der Waals surface area contributed by atoms with Gasteiger partial charge >= 0.3 is 6.09 Å². The smallest absolute Gasteiger partial charge is 0.426 e. The van der Waals surface area contributed by atoms with Crippen molar-refractivity contribution in [1.82, 2.24) is 10.9 Å². The first-order chi connectivity index (χ1) is 9.19. The molecule has 0 unspecified atom stereocenters. The molecule has 6 nitrogen and oxygen atoms in total. The third-order valence-electron chi connectivity index (χ3n) is 2.23. The van der Waals surface area contributed by atoms with Gasteiger partial charge in [-0.3, -0.25) is 15.0 Å². The average Bonchev–Trinajstić information content (AvgIpc) is 2.34. The van der Waals surface area contributed by atoms with E-state index >= 15 is 0 Å². The Hall–Kier alpha value is -2.37. The number of amides is 2. The van der Waals surface area contributed by atoms with E-state index in [1.807, 2.05) is 0 Å². The summed E-state index contributed by atoms with van der Waals surface area (Å²) in [6, 6.07) is 6.10. The second-order valence-electron chi connectivity index (χ2n) is 5.21. The summed E-state index contributed by atoms with van der Waals surface area (Å²) in [5.74, 6) is -0.574. The molecule has 2 N–H and O–H groups in total. The summed E-state index contributed by atoms with van der Waals surface area (Å²) in [5.41, 5.74) is 4.57. The standard InChI is InChI=1S/C14H18N2O4/c1-9(17)10-5-7-11(8-6-10)12(18)15-16-13(19)20-14(2,3)4/h5-8H,1-4H3,(H,15,18)(H,16,19). The van der Waals surface area contributed by atoms with Crippen LogP contribution in [0.1, 0.15) is 48.4 Å². The van der Waals surface area contributed by atoms with E-state index in [2.05, 4.69) is 10.9 Å². The van der Waals surface area contributed by atoms with E-state index in [0.29, 0.717) is 11.1 Å². The van der Waals surface area contributed by atoms with Gasteiger partial charge in [-0.15, -0.1) is 0 Å². The summed E-state index contributed by atoms with van der Waals surface area (Å²) >= 11 is 0. The second kappa shape index (κ2) is 6.18. The predicted molar refractivity (Wildman–Crippen MR) is 73.3 cm³/mol. The van der Waals surface area contributed by atoms with Crippen molar-refractivity contribution in [3.63, 3.8) is 0 Å². The molecule has 2 amide bonds. The molecule has 0 aliphatic heterocycles. The monoisotopic (exact) mass is 278 g/mol. The minimum absolute atomic E-state index is 0.0798. The maximum atomic E-state index is 11.7. The van der Waals surface area contributed by atoms with Crippen LogP contribution >= 0.6 is 0 Å². The molecule has 0 fully saturated rings. The lowest BCUT2D eigenvalue weighted by atomic mass is 10.1. The number of rotatable bonds is 2.